The molecule has 2 N–H and O–H groups in total. The zero-order valence-electron chi connectivity index (χ0n) is 19.3. The van der Waals surface area contributed by atoms with E-state index in [1.54, 1.807) is 52.5 Å². The van der Waals surface area contributed by atoms with Crippen molar-refractivity contribution in [2.24, 2.45) is 0 Å². The Morgan fingerprint density at radius 2 is 1.45 bits per heavy atom. The van der Waals surface area contributed by atoms with Crippen LogP contribution >= 0.6 is 0 Å². The van der Waals surface area contributed by atoms with Gasteiger partial charge in [0.25, 0.3) is 5.91 Å². The summed E-state index contributed by atoms with van der Waals surface area (Å²) in [5.74, 6) is 1.03. The number of rotatable bonds is 8. The number of amides is 2. The first kappa shape index (κ1) is 24.1. The second-order valence-electron chi connectivity index (χ2n) is 8.26. The first-order chi connectivity index (χ1) is 14.6. The number of benzene rings is 2. The summed E-state index contributed by atoms with van der Waals surface area (Å²) in [5, 5.41) is 5.55. The molecule has 2 amide bonds. The molecule has 0 aromatic heterocycles. The highest BCUT2D eigenvalue weighted by Crippen LogP contribution is 2.34. The Morgan fingerprint density at radius 1 is 0.903 bits per heavy atom. The summed E-state index contributed by atoms with van der Waals surface area (Å²) < 4.78 is 16.0. The minimum absolute atomic E-state index is 0.00732. The number of nitrogens with one attached hydrogen (secondary N) is 2. The van der Waals surface area contributed by atoms with Gasteiger partial charge in [0, 0.05) is 23.7 Å². The molecule has 31 heavy (non-hydrogen) atoms. The highest BCUT2D eigenvalue weighted by atomic mass is 16.5. The van der Waals surface area contributed by atoms with Crippen LogP contribution in [0.4, 0.5) is 0 Å². The molecule has 0 saturated carbocycles. The molecule has 2 rings (SSSR count). The van der Waals surface area contributed by atoms with Crippen molar-refractivity contribution >= 4 is 11.8 Å². The van der Waals surface area contributed by atoms with E-state index in [1.165, 1.54) is 0 Å². The third kappa shape index (κ3) is 6.13. The van der Waals surface area contributed by atoms with Crippen LogP contribution in [0.1, 0.15) is 49.2 Å². The first-order valence-corrected chi connectivity index (χ1v) is 10.1. The van der Waals surface area contributed by atoms with Gasteiger partial charge in [0.1, 0.15) is 11.8 Å². The highest BCUT2D eigenvalue weighted by molar-refractivity contribution is 5.97. The Bertz CT molecular complexity index is 917. The van der Waals surface area contributed by atoms with Gasteiger partial charge in [-0.15, -0.1) is 0 Å². The van der Waals surface area contributed by atoms with Gasteiger partial charge in [-0.2, -0.15) is 0 Å². The molecule has 1 atom stereocenters. The molecule has 0 aliphatic heterocycles. The van der Waals surface area contributed by atoms with Gasteiger partial charge in [-0.05, 0) is 36.1 Å². The van der Waals surface area contributed by atoms with Gasteiger partial charge in [-0.3, -0.25) is 9.59 Å². The first-order valence-electron chi connectivity index (χ1n) is 10.1. The van der Waals surface area contributed by atoms with E-state index in [0.29, 0.717) is 22.8 Å². The van der Waals surface area contributed by atoms with Crippen LogP contribution in [0.3, 0.4) is 0 Å². The quantitative estimate of drug-likeness (QED) is 0.673. The highest BCUT2D eigenvalue weighted by Gasteiger charge is 2.19. The van der Waals surface area contributed by atoms with Crippen molar-refractivity contribution in [2.75, 3.05) is 21.3 Å². The van der Waals surface area contributed by atoms with E-state index in [9.17, 15) is 9.59 Å². The average molecular weight is 429 g/mol. The van der Waals surface area contributed by atoms with Gasteiger partial charge >= 0.3 is 0 Å². The molecule has 7 nitrogen and oxygen atoms in total. The zero-order chi connectivity index (χ0) is 23.2. The molecule has 0 heterocycles. The molecule has 2 aromatic rings. The lowest BCUT2D eigenvalue weighted by molar-refractivity contribution is -0.122. The van der Waals surface area contributed by atoms with Gasteiger partial charge in [0.2, 0.25) is 5.91 Å². The van der Waals surface area contributed by atoms with E-state index < -0.39 is 6.04 Å². The third-order valence-corrected chi connectivity index (χ3v) is 4.99. The van der Waals surface area contributed by atoms with Crippen LogP contribution in [0.5, 0.6) is 17.2 Å². The summed E-state index contributed by atoms with van der Waals surface area (Å²) >= 11 is 0. The minimum Gasteiger partial charge on any atom is -0.496 e. The van der Waals surface area contributed by atoms with Crippen LogP contribution in [0.2, 0.25) is 0 Å². The van der Waals surface area contributed by atoms with Crippen LogP contribution in [-0.2, 0) is 16.8 Å². The number of methoxy groups -OCH3 is 3. The summed E-state index contributed by atoms with van der Waals surface area (Å²) in [6.45, 7) is 8.19. The van der Waals surface area contributed by atoms with Gasteiger partial charge in [-0.1, -0.05) is 32.9 Å². The summed E-state index contributed by atoms with van der Waals surface area (Å²) in [6.07, 6.45) is 0. The van der Waals surface area contributed by atoms with Crippen LogP contribution in [0.25, 0.3) is 0 Å². The van der Waals surface area contributed by atoms with Crippen molar-refractivity contribution in [3.8, 4) is 17.2 Å². The predicted molar refractivity (Wildman–Crippen MR) is 120 cm³/mol. The summed E-state index contributed by atoms with van der Waals surface area (Å²) in [6, 6.07) is 10.2. The Hall–Kier alpha value is -3.22. The maximum Gasteiger partial charge on any atom is 0.251 e. The van der Waals surface area contributed by atoms with Gasteiger partial charge in [0.15, 0.2) is 11.5 Å². The van der Waals surface area contributed by atoms with Gasteiger partial charge in [-0.25, -0.2) is 0 Å². The standard InChI is InChI=1S/C24H32N2O5/c1-15(26-23(28)16-8-10-18(11-9-16)24(2,3)4)22(27)25-14-17-12-20(30-6)21(31-7)13-19(17)29-5/h8-13,15H,14H2,1-7H3,(H,25,27)(H,26,28). The number of carbonyl (C=O) groups excluding carboxylic acids is 2. The molecule has 0 fully saturated rings. The van der Waals surface area contributed by atoms with Crippen LogP contribution in [0, 0.1) is 0 Å². The second-order valence-corrected chi connectivity index (χ2v) is 8.26. The fraction of sp³-hybridized carbons (Fsp3) is 0.417. The molecule has 0 aliphatic carbocycles. The average Bonchev–Trinajstić information content (AvgIpc) is 2.75. The Kier molecular flexibility index (Phi) is 7.91. The van der Waals surface area contributed by atoms with Crippen molar-refractivity contribution in [1.29, 1.82) is 0 Å². The normalized spacial score (nSPS) is 12.0. The molecular formula is C24H32N2O5. The van der Waals surface area contributed by atoms with E-state index in [-0.39, 0.29) is 23.8 Å². The van der Waals surface area contributed by atoms with Gasteiger partial charge in [0.05, 0.1) is 21.3 Å². The fourth-order valence-electron chi connectivity index (χ4n) is 3.03. The van der Waals surface area contributed by atoms with Crippen molar-refractivity contribution in [3.05, 3.63) is 53.1 Å². The number of hydrogen-bond acceptors (Lipinski definition) is 5. The molecule has 1 unspecified atom stereocenters. The Balaban J connectivity index is 2.00. The molecular weight excluding hydrogens is 396 g/mol. The van der Waals surface area contributed by atoms with Crippen molar-refractivity contribution in [3.63, 3.8) is 0 Å². The van der Waals surface area contributed by atoms with Crippen molar-refractivity contribution in [1.82, 2.24) is 10.6 Å². The lowest BCUT2D eigenvalue weighted by Gasteiger charge is -2.19. The third-order valence-electron chi connectivity index (χ3n) is 4.99. The topological polar surface area (TPSA) is 85.9 Å². The van der Waals surface area contributed by atoms with Crippen LogP contribution in [-0.4, -0.2) is 39.2 Å². The lowest BCUT2D eigenvalue weighted by Crippen LogP contribution is -2.44. The SMILES string of the molecule is COc1cc(OC)c(OC)cc1CNC(=O)C(C)NC(=O)c1ccc(C(C)(C)C)cc1. The van der Waals surface area contributed by atoms with E-state index in [2.05, 4.69) is 31.4 Å². The number of hydrogen-bond donors (Lipinski definition) is 2. The maximum absolute atomic E-state index is 12.5. The smallest absolute Gasteiger partial charge is 0.251 e. The molecule has 0 bridgehead atoms. The number of carbonyl (C=O) groups is 2. The molecule has 0 aliphatic rings. The summed E-state index contributed by atoms with van der Waals surface area (Å²) in [4.78, 5) is 25.0. The molecule has 0 radical (unpaired) electrons. The van der Waals surface area contributed by atoms with Crippen molar-refractivity contribution in [2.45, 2.75) is 45.7 Å². The summed E-state index contributed by atoms with van der Waals surface area (Å²) in [5.41, 5.74) is 2.38. The zero-order valence-corrected chi connectivity index (χ0v) is 19.3. The largest absolute Gasteiger partial charge is 0.496 e. The molecule has 7 heteroatoms. The lowest BCUT2D eigenvalue weighted by atomic mass is 9.86. The van der Waals surface area contributed by atoms with Crippen LogP contribution < -0.4 is 24.8 Å². The Labute approximate surface area is 184 Å². The van der Waals surface area contributed by atoms with E-state index in [0.717, 1.165) is 11.1 Å². The predicted octanol–water partition coefficient (Wildman–Crippen LogP) is 3.44. The number of ether oxygens (including phenoxy) is 3. The van der Waals surface area contributed by atoms with E-state index in [1.807, 2.05) is 12.1 Å². The second kappa shape index (κ2) is 10.2. The molecule has 0 saturated heterocycles. The Morgan fingerprint density at radius 3 is 1.97 bits per heavy atom. The molecule has 2 aromatic carbocycles. The van der Waals surface area contributed by atoms with E-state index >= 15 is 0 Å². The summed E-state index contributed by atoms with van der Waals surface area (Å²) in [7, 11) is 4.62. The minimum atomic E-state index is -0.707. The van der Waals surface area contributed by atoms with Crippen LogP contribution in [0.15, 0.2) is 36.4 Å². The molecule has 0 spiro atoms. The van der Waals surface area contributed by atoms with E-state index in [4.69, 9.17) is 14.2 Å². The maximum atomic E-state index is 12.5. The monoisotopic (exact) mass is 428 g/mol. The molecule has 168 valence electrons. The van der Waals surface area contributed by atoms with Crippen molar-refractivity contribution < 1.29 is 23.8 Å². The van der Waals surface area contributed by atoms with Gasteiger partial charge < -0.3 is 24.8 Å². The fourth-order valence-corrected chi connectivity index (χ4v) is 3.03.